The van der Waals surface area contributed by atoms with Crippen LogP contribution in [0, 0.1) is 0 Å². The summed E-state index contributed by atoms with van der Waals surface area (Å²) >= 11 is 0.615. The number of phenols is 1. The van der Waals surface area contributed by atoms with Crippen molar-refractivity contribution in [1.82, 2.24) is 0 Å². The summed E-state index contributed by atoms with van der Waals surface area (Å²) in [5.41, 5.74) is -1.40. The molecular formula is C17H21F3NO5S+. The Morgan fingerprint density at radius 3 is 2.30 bits per heavy atom. The van der Waals surface area contributed by atoms with Gasteiger partial charge in [-0.15, -0.1) is 0 Å². The van der Waals surface area contributed by atoms with Gasteiger partial charge in [-0.2, -0.15) is 13.2 Å². The standard InChI is InChI=1S/C17H20F3NO5S/c1-5-26-15(24)13(21(3,4)10(2)22)9-27-16(25)12-7-6-11(8-14(12)23)17(18,19)20/h6-8,13H,5,9H2,1-4H3/p+1/t13-/m0/s1. The first-order valence-corrected chi connectivity index (χ1v) is 8.89. The van der Waals surface area contributed by atoms with Crippen LogP contribution in [0.1, 0.15) is 29.8 Å². The number of likely N-dealkylation sites (N-methyl/N-ethyl adjacent to an activating group) is 1. The van der Waals surface area contributed by atoms with E-state index in [-0.39, 0.29) is 28.3 Å². The van der Waals surface area contributed by atoms with E-state index in [4.69, 9.17) is 4.74 Å². The molecule has 0 bridgehead atoms. The van der Waals surface area contributed by atoms with Gasteiger partial charge in [0.1, 0.15) is 5.75 Å². The first-order valence-electron chi connectivity index (χ1n) is 7.91. The van der Waals surface area contributed by atoms with Crippen molar-refractivity contribution >= 4 is 28.8 Å². The molecular weight excluding hydrogens is 387 g/mol. The van der Waals surface area contributed by atoms with Crippen LogP contribution in [0.2, 0.25) is 0 Å². The monoisotopic (exact) mass is 408 g/mol. The van der Waals surface area contributed by atoms with Crippen LogP contribution in [-0.2, 0) is 20.5 Å². The third kappa shape index (κ3) is 5.70. The van der Waals surface area contributed by atoms with Gasteiger partial charge in [-0.25, -0.2) is 9.59 Å². The smallest absolute Gasteiger partial charge is 0.416 e. The second kappa shape index (κ2) is 8.75. The maximum absolute atomic E-state index is 12.6. The van der Waals surface area contributed by atoms with Gasteiger partial charge in [0.15, 0.2) is 0 Å². The Morgan fingerprint density at radius 1 is 1.26 bits per heavy atom. The van der Waals surface area contributed by atoms with Crippen LogP contribution in [-0.4, -0.2) is 59.1 Å². The summed E-state index contributed by atoms with van der Waals surface area (Å²) in [4.78, 5) is 36.3. The van der Waals surface area contributed by atoms with E-state index in [1.165, 1.54) is 21.0 Å². The van der Waals surface area contributed by atoms with Crippen molar-refractivity contribution in [2.45, 2.75) is 26.1 Å². The Balaban J connectivity index is 3.00. The molecule has 0 heterocycles. The summed E-state index contributed by atoms with van der Waals surface area (Å²) in [5, 5.41) is 9.02. The highest BCUT2D eigenvalue weighted by Gasteiger charge is 2.41. The van der Waals surface area contributed by atoms with Crippen LogP contribution in [0.4, 0.5) is 13.2 Å². The third-order valence-electron chi connectivity index (χ3n) is 4.07. The summed E-state index contributed by atoms with van der Waals surface area (Å²) in [5.74, 6) is -1.96. The van der Waals surface area contributed by atoms with Gasteiger partial charge in [-0.05, 0) is 25.1 Å². The van der Waals surface area contributed by atoms with Crippen molar-refractivity contribution in [2.24, 2.45) is 0 Å². The predicted octanol–water partition coefficient (Wildman–Crippen LogP) is 2.84. The number of rotatable bonds is 6. The zero-order valence-electron chi connectivity index (χ0n) is 15.3. The predicted molar refractivity (Wildman–Crippen MR) is 93.1 cm³/mol. The van der Waals surface area contributed by atoms with Gasteiger partial charge in [-0.1, -0.05) is 11.8 Å². The molecule has 6 nitrogen and oxygen atoms in total. The molecule has 0 fully saturated rings. The summed E-state index contributed by atoms with van der Waals surface area (Å²) in [6, 6.07) is 1.03. The normalized spacial score (nSPS) is 13.1. The summed E-state index contributed by atoms with van der Waals surface area (Å²) in [6.07, 6.45) is -4.65. The van der Waals surface area contributed by atoms with E-state index in [2.05, 4.69) is 0 Å². The molecule has 0 aromatic heterocycles. The van der Waals surface area contributed by atoms with Crippen molar-refractivity contribution in [2.75, 3.05) is 26.5 Å². The number of ether oxygens (including phenoxy) is 1. The number of aromatic hydroxyl groups is 1. The lowest BCUT2D eigenvalue weighted by atomic mass is 10.1. The van der Waals surface area contributed by atoms with Crippen LogP contribution < -0.4 is 0 Å². The number of carbonyl (C=O) groups is 3. The van der Waals surface area contributed by atoms with Crippen molar-refractivity contribution in [1.29, 1.82) is 0 Å². The Kier molecular flexibility index (Phi) is 7.44. The highest BCUT2D eigenvalue weighted by atomic mass is 32.2. The second-order valence-electron chi connectivity index (χ2n) is 6.15. The molecule has 150 valence electrons. The molecule has 0 aliphatic carbocycles. The fourth-order valence-electron chi connectivity index (χ4n) is 2.09. The zero-order chi connectivity index (χ0) is 21.0. The Morgan fingerprint density at radius 2 is 1.85 bits per heavy atom. The van der Waals surface area contributed by atoms with E-state index < -0.39 is 34.6 Å². The molecule has 0 aliphatic rings. The molecule has 10 heteroatoms. The van der Waals surface area contributed by atoms with E-state index in [1.54, 1.807) is 6.92 Å². The summed E-state index contributed by atoms with van der Waals surface area (Å²) < 4.78 is 42.5. The molecule has 1 amide bonds. The molecule has 1 atom stereocenters. The lowest BCUT2D eigenvalue weighted by molar-refractivity contribution is -0.828. The minimum absolute atomic E-state index is 0.0888. The number of esters is 1. The molecule has 1 aromatic rings. The Bertz CT molecular complexity index is 734. The number of hydrogen-bond acceptors (Lipinski definition) is 6. The number of phenolic OH excluding ortho intramolecular Hbond substituents is 1. The number of quaternary nitrogens is 1. The fraction of sp³-hybridized carbons (Fsp3) is 0.471. The van der Waals surface area contributed by atoms with E-state index in [1.807, 2.05) is 0 Å². The van der Waals surface area contributed by atoms with Crippen LogP contribution in [0.5, 0.6) is 5.75 Å². The molecule has 0 unspecified atom stereocenters. The lowest BCUT2D eigenvalue weighted by Gasteiger charge is -2.32. The number of benzene rings is 1. The number of alkyl halides is 3. The van der Waals surface area contributed by atoms with Crippen molar-refractivity contribution in [3.8, 4) is 5.75 Å². The average molecular weight is 408 g/mol. The van der Waals surface area contributed by atoms with Crippen molar-refractivity contribution in [3.63, 3.8) is 0 Å². The van der Waals surface area contributed by atoms with E-state index in [0.717, 1.165) is 6.07 Å². The van der Waals surface area contributed by atoms with Crippen LogP contribution in [0.3, 0.4) is 0 Å². The van der Waals surface area contributed by atoms with E-state index >= 15 is 0 Å². The van der Waals surface area contributed by atoms with E-state index in [9.17, 15) is 32.7 Å². The number of nitrogens with zero attached hydrogens (tertiary/aromatic N) is 1. The SMILES string of the molecule is CCOC(=O)[C@H](CSC(=O)c1ccc(C(F)(F)F)cc1O)[N+](C)(C)C(C)=O. The number of carbonyl (C=O) groups excluding carboxylic acids is 3. The lowest BCUT2D eigenvalue weighted by Crippen LogP contribution is -2.57. The van der Waals surface area contributed by atoms with Crippen molar-refractivity contribution in [3.05, 3.63) is 29.3 Å². The molecule has 0 spiro atoms. The molecule has 1 rings (SSSR count). The summed E-state index contributed by atoms with van der Waals surface area (Å²) in [7, 11) is 2.98. The van der Waals surface area contributed by atoms with Crippen LogP contribution in [0.15, 0.2) is 18.2 Å². The molecule has 1 aromatic carbocycles. The average Bonchev–Trinajstić information content (AvgIpc) is 2.53. The van der Waals surface area contributed by atoms with Gasteiger partial charge in [0, 0.05) is 0 Å². The number of hydrogen-bond donors (Lipinski definition) is 1. The molecule has 27 heavy (non-hydrogen) atoms. The molecule has 0 saturated heterocycles. The van der Waals surface area contributed by atoms with Gasteiger partial charge in [-0.3, -0.25) is 9.28 Å². The zero-order valence-corrected chi connectivity index (χ0v) is 16.1. The van der Waals surface area contributed by atoms with Gasteiger partial charge in [0.25, 0.3) is 0 Å². The second-order valence-corrected chi connectivity index (χ2v) is 7.15. The molecule has 0 saturated carbocycles. The van der Waals surface area contributed by atoms with E-state index in [0.29, 0.717) is 23.9 Å². The number of amides is 1. The topological polar surface area (TPSA) is 80.7 Å². The maximum Gasteiger partial charge on any atom is 0.416 e. The Hall–Kier alpha value is -2.07. The molecule has 0 aliphatic heterocycles. The first-order chi connectivity index (χ1) is 12.3. The first kappa shape index (κ1) is 23.0. The third-order valence-corrected chi connectivity index (χ3v) is 5.03. The van der Waals surface area contributed by atoms with Crippen LogP contribution >= 0.6 is 11.8 Å². The Labute approximate surface area is 158 Å². The van der Waals surface area contributed by atoms with Gasteiger partial charge < -0.3 is 9.84 Å². The summed E-state index contributed by atoms with van der Waals surface area (Å²) in [6.45, 7) is 2.98. The highest BCUT2D eigenvalue weighted by molar-refractivity contribution is 8.14. The molecule has 1 N–H and O–H groups in total. The number of halogens is 3. The minimum atomic E-state index is -4.65. The number of thioether (sulfide) groups is 1. The van der Waals surface area contributed by atoms with Crippen molar-refractivity contribution < 1.29 is 41.9 Å². The van der Waals surface area contributed by atoms with Crippen LogP contribution in [0.25, 0.3) is 0 Å². The molecule has 0 radical (unpaired) electrons. The fourth-order valence-corrected chi connectivity index (χ4v) is 3.23. The minimum Gasteiger partial charge on any atom is -0.507 e. The van der Waals surface area contributed by atoms with Gasteiger partial charge in [0.05, 0.1) is 44.5 Å². The quantitative estimate of drug-likeness (QED) is 0.576. The van der Waals surface area contributed by atoms with Gasteiger partial charge in [0.2, 0.25) is 11.2 Å². The largest absolute Gasteiger partial charge is 0.507 e. The maximum atomic E-state index is 12.6. The highest BCUT2D eigenvalue weighted by Crippen LogP contribution is 2.34. The van der Waals surface area contributed by atoms with Gasteiger partial charge >= 0.3 is 18.1 Å².